The maximum Gasteiger partial charge on any atom is 0.175 e. The van der Waals surface area contributed by atoms with Gasteiger partial charge >= 0.3 is 0 Å². The topological polar surface area (TPSA) is 44.2 Å². The zero-order valence-corrected chi connectivity index (χ0v) is 10.5. The molecule has 19 heavy (non-hydrogen) atoms. The molecule has 4 nitrogen and oxygen atoms in total. The third-order valence-electron chi connectivity index (χ3n) is 2.34. The molecule has 1 aromatic carbocycles. The van der Waals surface area contributed by atoms with Gasteiger partial charge in [-0.05, 0) is 18.1 Å². The van der Waals surface area contributed by atoms with Gasteiger partial charge in [-0.3, -0.25) is 0 Å². The van der Waals surface area contributed by atoms with E-state index in [2.05, 4.69) is 21.8 Å². The molecule has 96 valence electrons. The lowest BCUT2D eigenvalue weighted by atomic mass is 10.2. The number of ether oxygens (including phenoxy) is 2. The highest BCUT2D eigenvalue weighted by atomic mass is 19.1. The molecule has 0 aliphatic carbocycles. The monoisotopic (exact) mass is 258 g/mol. The van der Waals surface area contributed by atoms with Crippen LogP contribution < -0.4 is 9.47 Å². The zero-order chi connectivity index (χ0) is 13.7. The standard InChI is InChI=1S/C14H11FN2O2/c1-18-11-5-10(6-12(7-11)19-2)3-4-14-13(15)8-16-9-17-14/h5-9H,1-2H3. The summed E-state index contributed by atoms with van der Waals surface area (Å²) in [5.74, 6) is 6.14. The number of nitrogens with zero attached hydrogens (tertiary/aromatic N) is 2. The highest BCUT2D eigenvalue weighted by Gasteiger charge is 2.01. The molecule has 0 amide bonds. The molecule has 1 heterocycles. The second kappa shape index (κ2) is 5.83. The minimum atomic E-state index is -0.551. The first-order valence-corrected chi connectivity index (χ1v) is 5.43. The van der Waals surface area contributed by atoms with Crippen molar-refractivity contribution in [1.29, 1.82) is 0 Å². The summed E-state index contributed by atoms with van der Waals surface area (Å²) in [6.45, 7) is 0. The Morgan fingerprint density at radius 3 is 2.32 bits per heavy atom. The summed E-state index contributed by atoms with van der Waals surface area (Å²) in [6, 6.07) is 5.19. The van der Waals surface area contributed by atoms with Crippen molar-refractivity contribution in [2.75, 3.05) is 14.2 Å². The average Bonchev–Trinajstić information content (AvgIpc) is 2.46. The van der Waals surface area contributed by atoms with Crippen LogP contribution in [0.4, 0.5) is 4.39 Å². The Morgan fingerprint density at radius 2 is 1.74 bits per heavy atom. The van der Waals surface area contributed by atoms with Crippen molar-refractivity contribution in [2.24, 2.45) is 0 Å². The Balaban J connectivity index is 2.36. The molecule has 0 saturated heterocycles. The van der Waals surface area contributed by atoms with Crippen LogP contribution in [0.5, 0.6) is 11.5 Å². The van der Waals surface area contributed by atoms with Crippen LogP contribution >= 0.6 is 0 Å². The average molecular weight is 258 g/mol. The molecule has 0 radical (unpaired) electrons. The van der Waals surface area contributed by atoms with E-state index in [1.54, 1.807) is 32.4 Å². The Labute approximate surface area is 110 Å². The molecule has 2 rings (SSSR count). The van der Waals surface area contributed by atoms with Crippen LogP contribution in [0.3, 0.4) is 0 Å². The van der Waals surface area contributed by atoms with Crippen molar-refractivity contribution < 1.29 is 13.9 Å². The summed E-state index contributed by atoms with van der Waals surface area (Å²) < 4.78 is 23.6. The largest absolute Gasteiger partial charge is 0.497 e. The first kappa shape index (κ1) is 12.8. The van der Waals surface area contributed by atoms with Crippen molar-refractivity contribution >= 4 is 0 Å². The molecule has 0 fully saturated rings. The van der Waals surface area contributed by atoms with E-state index in [9.17, 15) is 4.39 Å². The van der Waals surface area contributed by atoms with Gasteiger partial charge in [0.15, 0.2) is 11.5 Å². The van der Waals surface area contributed by atoms with Crippen LogP contribution in [0.15, 0.2) is 30.7 Å². The van der Waals surface area contributed by atoms with Gasteiger partial charge in [-0.1, -0.05) is 5.92 Å². The van der Waals surface area contributed by atoms with Crippen molar-refractivity contribution in [2.45, 2.75) is 0 Å². The SMILES string of the molecule is COc1cc(C#Cc2ncncc2F)cc(OC)c1. The lowest BCUT2D eigenvalue weighted by molar-refractivity contribution is 0.394. The smallest absolute Gasteiger partial charge is 0.175 e. The molecule has 0 N–H and O–H groups in total. The predicted octanol–water partition coefficient (Wildman–Crippen LogP) is 2.03. The van der Waals surface area contributed by atoms with Gasteiger partial charge in [0.25, 0.3) is 0 Å². The minimum Gasteiger partial charge on any atom is -0.497 e. The molecule has 0 unspecified atom stereocenters. The van der Waals surface area contributed by atoms with Gasteiger partial charge in [0.05, 0.1) is 20.4 Å². The Hall–Kier alpha value is -2.61. The van der Waals surface area contributed by atoms with E-state index in [4.69, 9.17) is 9.47 Å². The summed E-state index contributed by atoms with van der Waals surface area (Å²) in [4.78, 5) is 7.32. The maximum atomic E-state index is 13.3. The van der Waals surface area contributed by atoms with E-state index in [0.717, 1.165) is 6.20 Å². The predicted molar refractivity (Wildman–Crippen MR) is 67.5 cm³/mol. The summed E-state index contributed by atoms with van der Waals surface area (Å²) in [6.07, 6.45) is 2.32. The lowest BCUT2D eigenvalue weighted by Crippen LogP contribution is -1.91. The number of hydrogen-bond donors (Lipinski definition) is 0. The van der Waals surface area contributed by atoms with Crippen molar-refractivity contribution in [3.63, 3.8) is 0 Å². The molecule has 0 atom stereocenters. The summed E-state index contributed by atoms with van der Waals surface area (Å²) >= 11 is 0. The molecular weight excluding hydrogens is 247 g/mol. The van der Waals surface area contributed by atoms with E-state index in [0.29, 0.717) is 17.1 Å². The van der Waals surface area contributed by atoms with Crippen molar-refractivity contribution in [3.05, 3.63) is 47.8 Å². The fourth-order valence-corrected chi connectivity index (χ4v) is 1.42. The fraction of sp³-hybridized carbons (Fsp3) is 0.143. The summed E-state index contributed by atoms with van der Waals surface area (Å²) in [7, 11) is 3.10. The van der Waals surface area contributed by atoms with E-state index in [1.807, 2.05) is 0 Å². The Kier molecular flexibility index (Phi) is 3.94. The normalized spacial score (nSPS) is 9.42. The molecule has 0 aliphatic rings. The lowest BCUT2D eigenvalue weighted by Gasteiger charge is -2.04. The second-order valence-electron chi connectivity index (χ2n) is 3.57. The fourth-order valence-electron chi connectivity index (χ4n) is 1.42. The molecular formula is C14H11FN2O2. The second-order valence-corrected chi connectivity index (χ2v) is 3.57. The minimum absolute atomic E-state index is 0.0526. The first-order chi connectivity index (χ1) is 9.22. The van der Waals surface area contributed by atoms with Crippen molar-refractivity contribution in [1.82, 2.24) is 9.97 Å². The molecule has 5 heteroatoms. The quantitative estimate of drug-likeness (QED) is 0.773. The van der Waals surface area contributed by atoms with E-state index >= 15 is 0 Å². The van der Waals surface area contributed by atoms with Gasteiger partial charge in [-0.2, -0.15) is 0 Å². The highest BCUT2D eigenvalue weighted by Crippen LogP contribution is 2.21. The van der Waals surface area contributed by atoms with Crippen LogP contribution in [0.25, 0.3) is 0 Å². The summed E-state index contributed by atoms with van der Waals surface area (Å²) in [5.41, 5.74) is 0.700. The van der Waals surface area contributed by atoms with E-state index < -0.39 is 5.82 Å². The van der Waals surface area contributed by atoms with Gasteiger partial charge in [-0.25, -0.2) is 14.4 Å². The van der Waals surface area contributed by atoms with E-state index in [1.165, 1.54) is 6.33 Å². The third-order valence-corrected chi connectivity index (χ3v) is 2.34. The Morgan fingerprint density at radius 1 is 1.05 bits per heavy atom. The molecule has 1 aromatic heterocycles. The van der Waals surface area contributed by atoms with Crippen LogP contribution in [0.1, 0.15) is 11.3 Å². The van der Waals surface area contributed by atoms with Crippen LogP contribution in [0, 0.1) is 17.7 Å². The van der Waals surface area contributed by atoms with Gasteiger partial charge in [-0.15, -0.1) is 0 Å². The first-order valence-electron chi connectivity index (χ1n) is 5.43. The number of benzene rings is 1. The van der Waals surface area contributed by atoms with Crippen LogP contribution in [-0.2, 0) is 0 Å². The van der Waals surface area contributed by atoms with Gasteiger partial charge in [0, 0.05) is 11.6 Å². The van der Waals surface area contributed by atoms with Crippen LogP contribution in [0.2, 0.25) is 0 Å². The Bertz CT molecular complexity index is 625. The maximum absolute atomic E-state index is 13.3. The molecule has 2 aromatic rings. The summed E-state index contributed by atoms with van der Waals surface area (Å²) in [5, 5.41) is 0. The third kappa shape index (κ3) is 3.19. The number of hydrogen-bond acceptors (Lipinski definition) is 4. The molecule has 0 aliphatic heterocycles. The molecule has 0 saturated carbocycles. The van der Waals surface area contributed by atoms with Gasteiger partial charge in [0.2, 0.25) is 0 Å². The zero-order valence-electron chi connectivity index (χ0n) is 10.5. The van der Waals surface area contributed by atoms with Gasteiger partial charge in [0.1, 0.15) is 17.8 Å². The molecule has 0 spiro atoms. The highest BCUT2D eigenvalue weighted by molar-refractivity contribution is 5.48. The van der Waals surface area contributed by atoms with Crippen LogP contribution in [-0.4, -0.2) is 24.2 Å². The number of halogens is 1. The number of methoxy groups -OCH3 is 2. The molecule has 0 bridgehead atoms. The number of aromatic nitrogens is 2. The van der Waals surface area contributed by atoms with Crippen molar-refractivity contribution in [3.8, 4) is 23.3 Å². The van der Waals surface area contributed by atoms with E-state index in [-0.39, 0.29) is 5.69 Å². The number of rotatable bonds is 2. The van der Waals surface area contributed by atoms with Gasteiger partial charge < -0.3 is 9.47 Å².